The van der Waals surface area contributed by atoms with Crippen LogP contribution in [0.1, 0.15) is 41.7 Å². The Hall–Kier alpha value is -4.05. The highest BCUT2D eigenvalue weighted by atomic mass is 32.1. The topological polar surface area (TPSA) is 119 Å². The van der Waals surface area contributed by atoms with E-state index in [1.165, 1.54) is 42.6 Å². The summed E-state index contributed by atoms with van der Waals surface area (Å²) in [6.45, 7) is 0.300. The average Bonchev–Trinajstić information content (AvgIpc) is 3.57. The molecular formula is C26H25FN6O2S. The highest BCUT2D eigenvalue weighted by Crippen LogP contribution is 2.30. The summed E-state index contributed by atoms with van der Waals surface area (Å²) in [5, 5.41) is 12.2. The molecule has 36 heavy (non-hydrogen) atoms. The van der Waals surface area contributed by atoms with Crippen molar-refractivity contribution < 1.29 is 13.9 Å². The number of nitrogens with one attached hydrogen (secondary N) is 2. The molecule has 5 rings (SSSR count). The molecule has 0 aliphatic heterocycles. The molecule has 10 heteroatoms. The van der Waals surface area contributed by atoms with Gasteiger partial charge in [0.2, 0.25) is 0 Å². The molecule has 1 saturated carbocycles. The Bertz CT molecular complexity index is 1340. The van der Waals surface area contributed by atoms with Crippen LogP contribution in [-0.2, 0) is 6.61 Å². The molecule has 8 nitrogen and oxygen atoms in total. The van der Waals surface area contributed by atoms with Gasteiger partial charge in [0.1, 0.15) is 47.6 Å². The van der Waals surface area contributed by atoms with Crippen LogP contribution in [0.2, 0.25) is 0 Å². The summed E-state index contributed by atoms with van der Waals surface area (Å²) in [6.07, 6.45) is 7.62. The summed E-state index contributed by atoms with van der Waals surface area (Å²) < 4.78 is 25.7. The lowest BCUT2D eigenvalue weighted by molar-refractivity contribution is 0.306. The number of ether oxygens (including phenoxy) is 2. The van der Waals surface area contributed by atoms with E-state index in [0.29, 0.717) is 46.8 Å². The molecule has 2 aromatic heterocycles. The van der Waals surface area contributed by atoms with Gasteiger partial charge in [0.25, 0.3) is 0 Å². The SMILES string of the molecule is N=C(c1ccc(Oc2cc(F)cc(OCc3cncs3)c2)cc1)c1c(N)ncnc1NC1CCCC1. The molecule has 0 amide bonds. The molecule has 0 spiro atoms. The van der Waals surface area contributed by atoms with Gasteiger partial charge in [0.05, 0.1) is 21.7 Å². The monoisotopic (exact) mass is 504 g/mol. The van der Waals surface area contributed by atoms with Crippen molar-refractivity contribution in [2.24, 2.45) is 0 Å². The molecule has 184 valence electrons. The first kappa shape index (κ1) is 23.7. The first-order valence-electron chi connectivity index (χ1n) is 11.6. The maximum atomic E-state index is 14.1. The number of thiazole rings is 1. The van der Waals surface area contributed by atoms with Crippen molar-refractivity contribution in [1.82, 2.24) is 15.0 Å². The van der Waals surface area contributed by atoms with Crippen LogP contribution in [0.4, 0.5) is 16.0 Å². The van der Waals surface area contributed by atoms with Crippen LogP contribution >= 0.6 is 11.3 Å². The van der Waals surface area contributed by atoms with Crippen LogP contribution in [0, 0.1) is 11.2 Å². The number of nitrogens with zero attached hydrogens (tertiary/aromatic N) is 3. The highest BCUT2D eigenvalue weighted by molar-refractivity contribution is 7.09. The lowest BCUT2D eigenvalue weighted by atomic mass is 10.0. The summed E-state index contributed by atoms with van der Waals surface area (Å²) in [4.78, 5) is 13.4. The average molecular weight is 505 g/mol. The number of anilines is 2. The molecule has 1 fully saturated rings. The minimum atomic E-state index is -0.466. The quantitative estimate of drug-likeness (QED) is 0.247. The van der Waals surface area contributed by atoms with E-state index < -0.39 is 5.82 Å². The number of aromatic nitrogens is 3. The summed E-state index contributed by atoms with van der Waals surface area (Å²) in [5.74, 6) is 1.52. The minimum absolute atomic E-state index is 0.213. The predicted octanol–water partition coefficient (Wildman–Crippen LogP) is 5.80. The third-order valence-corrected chi connectivity index (χ3v) is 6.66. The molecule has 1 aliphatic carbocycles. The van der Waals surface area contributed by atoms with Gasteiger partial charge in [-0.1, -0.05) is 12.8 Å². The van der Waals surface area contributed by atoms with E-state index in [2.05, 4.69) is 20.3 Å². The minimum Gasteiger partial charge on any atom is -0.488 e. The Morgan fingerprint density at radius 3 is 2.61 bits per heavy atom. The third kappa shape index (κ3) is 5.60. The second-order valence-corrected chi connectivity index (χ2v) is 9.46. The fourth-order valence-electron chi connectivity index (χ4n) is 4.14. The molecular weight excluding hydrogens is 479 g/mol. The Morgan fingerprint density at radius 2 is 1.86 bits per heavy atom. The molecule has 0 saturated heterocycles. The van der Waals surface area contributed by atoms with Gasteiger partial charge < -0.3 is 20.5 Å². The number of hydrogen-bond acceptors (Lipinski definition) is 9. The molecule has 0 atom stereocenters. The van der Waals surface area contributed by atoms with E-state index in [-0.39, 0.29) is 11.5 Å². The van der Waals surface area contributed by atoms with Crippen molar-refractivity contribution in [2.45, 2.75) is 38.3 Å². The van der Waals surface area contributed by atoms with Gasteiger partial charge in [-0.25, -0.2) is 14.4 Å². The molecule has 4 aromatic rings. The molecule has 1 aliphatic rings. The lowest BCUT2D eigenvalue weighted by Crippen LogP contribution is -2.20. The zero-order chi connectivity index (χ0) is 24.9. The summed E-state index contributed by atoms with van der Waals surface area (Å²) in [6, 6.07) is 11.5. The van der Waals surface area contributed by atoms with E-state index in [0.717, 1.165) is 17.7 Å². The van der Waals surface area contributed by atoms with Gasteiger partial charge in [-0.05, 0) is 37.1 Å². The van der Waals surface area contributed by atoms with Crippen LogP contribution in [0.25, 0.3) is 0 Å². The number of halogens is 1. The fourth-order valence-corrected chi connectivity index (χ4v) is 4.64. The van der Waals surface area contributed by atoms with Gasteiger partial charge >= 0.3 is 0 Å². The summed E-state index contributed by atoms with van der Waals surface area (Å²) in [7, 11) is 0. The van der Waals surface area contributed by atoms with Crippen molar-refractivity contribution in [1.29, 1.82) is 5.41 Å². The number of hydrogen-bond donors (Lipinski definition) is 3. The normalized spacial score (nSPS) is 13.5. The Balaban J connectivity index is 1.29. The molecule has 0 unspecified atom stereocenters. The van der Waals surface area contributed by atoms with Crippen LogP contribution in [-0.4, -0.2) is 26.7 Å². The summed E-state index contributed by atoms with van der Waals surface area (Å²) in [5.41, 5.74) is 9.18. The standard InChI is InChI=1S/C26H25FN6O2S/c27-17-9-20(34-13-22-12-30-15-36-22)11-21(10-17)35-19-7-5-16(6-8-19)24(28)23-25(29)31-14-32-26(23)33-18-3-1-2-4-18/h5-12,14-15,18,28H,1-4,13H2,(H3,29,31,32,33). The molecule has 2 aromatic carbocycles. The summed E-state index contributed by atoms with van der Waals surface area (Å²) >= 11 is 1.47. The van der Waals surface area contributed by atoms with Gasteiger partial charge in [-0.2, -0.15) is 0 Å². The number of benzene rings is 2. The van der Waals surface area contributed by atoms with Crippen LogP contribution < -0.4 is 20.5 Å². The molecule has 4 N–H and O–H groups in total. The van der Waals surface area contributed by atoms with Gasteiger partial charge in [-0.3, -0.25) is 10.4 Å². The second kappa shape index (κ2) is 10.7. The Morgan fingerprint density at radius 1 is 1.08 bits per heavy atom. The Labute approximate surface area is 211 Å². The number of nitrogens with two attached hydrogens (primary N) is 1. The van der Waals surface area contributed by atoms with E-state index in [1.54, 1.807) is 42.0 Å². The van der Waals surface area contributed by atoms with Crippen molar-refractivity contribution in [3.05, 3.63) is 82.3 Å². The molecule has 0 bridgehead atoms. The molecule has 2 heterocycles. The van der Waals surface area contributed by atoms with Crippen LogP contribution in [0.3, 0.4) is 0 Å². The maximum Gasteiger partial charge on any atom is 0.141 e. The van der Waals surface area contributed by atoms with E-state index in [9.17, 15) is 4.39 Å². The van der Waals surface area contributed by atoms with E-state index in [4.69, 9.17) is 20.6 Å². The first-order valence-corrected chi connectivity index (χ1v) is 12.5. The Kier molecular flexibility index (Phi) is 7.03. The van der Waals surface area contributed by atoms with Crippen molar-refractivity contribution >= 4 is 28.7 Å². The highest BCUT2D eigenvalue weighted by Gasteiger charge is 2.21. The second-order valence-electron chi connectivity index (χ2n) is 8.49. The first-order chi connectivity index (χ1) is 17.5. The molecule has 0 radical (unpaired) electrons. The van der Waals surface area contributed by atoms with Gasteiger partial charge in [0, 0.05) is 36.0 Å². The lowest BCUT2D eigenvalue weighted by Gasteiger charge is -2.17. The maximum absolute atomic E-state index is 14.1. The number of nitrogen functional groups attached to an aromatic ring is 1. The van der Waals surface area contributed by atoms with Gasteiger partial charge in [0.15, 0.2) is 0 Å². The largest absolute Gasteiger partial charge is 0.488 e. The van der Waals surface area contributed by atoms with Crippen LogP contribution in [0.5, 0.6) is 17.2 Å². The van der Waals surface area contributed by atoms with Crippen LogP contribution in [0.15, 0.2) is 60.5 Å². The van der Waals surface area contributed by atoms with E-state index >= 15 is 0 Å². The van der Waals surface area contributed by atoms with E-state index in [1.807, 2.05) is 0 Å². The smallest absolute Gasteiger partial charge is 0.141 e. The van der Waals surface area contributed by atoms with Crippen molar-refractivity contribution in [3.8, 4) is 17.2 Å². The van der Waals surface area contributed by atoms with Crippen molar-refractivity contribution in [2.75, 3.05) is 11.1 Å². The predicted molar refractivity (Wildman–Crippen MR) is 138 cm³/mol. The third-order valence-electron chi connectivity index (χ3n) is 5.91. The van der Waals surface area contributed by atoms with Crippen molar-refractivity contribution in [3.63, 3.8) is 0 Å². The zero-order valence-corrected chi connectivity index (χ0v) is 20.2. The fraction of sp³-hybridized carbons (Fsp3) is 0.231. The van der Waals surface area contributed by atoms with Gasteiger partial charge in [-0.15, -0.1) is 11.3 Å². The zero-order valence-electron chi connectivity index (χ0n) is 19.4. The number of rotatable bonds is 9.